The number of thiophene rings is 1. The number of nitrogens with zero attached hydrogens (tertiary/aromatic N) is 1. The SMILES string of the molecule is I.NC(=NCc1cc(Br)cs1)Nc1ccc2c(c1)OCCCO2. The summed E-state index contributed by atoms with van der Waals surface area (Å²) in [6, 6.07) is 7.70. The predicted octanol–water partition coefficient (Wildman–Crippen LogP) is 4.22. The quantitative estimate of drug-likeness (QED) is 0.369. The molecule has 1 aromatic carbocycles. The lowest BCUT2D eigenvalue weighted by atomic mass is 10.3. The van der Waals surface area contributed by atoms with Crippen LogP contribution in [0.5, 0.6) is 11.5 Å². The number of nitrogens with one attached hydrogen (secondary N) is 1. The number of guanidine groups is 1. The van der Waals surface area contributed by atoms with E-state index >= 15 is 0 Å². The predicted molar refractivity (Wildman–Crippen MR) is 108 cm³/mol. The van der Waals surface area contributed by atoms with Crippen molar-refractivity contribution in [1.82, 2.24) is 0 Å². The first-order valence-corrected chi connectivity index (χ1v) is 8.57. The van der Waals surface area contributed by atoms with Crippen molar-refractivity contribution in [3.63, 3.8) is 0 Å². The maximum Gasteiger partial charge on any atom is 0.193 e. The molecule has 0 bridgehead atoms. The van der Waals surface area contributed by atoms with Crippen LogP contribution in [0, 0.1) is 0 Å². The molecule has 23 heavy (non-hydrogen) atoms. The van der Waals surface area contributed by atoms with Crippen molar-refractivity contribution in [2.45, 2.75) is 13.0 Å². The molecule has 1 aliphatic heterocycles. The lowest BCUT2D eigenvalue weighted by molar-refractivity contribution is 0.297. The van der Waals surface area contributed by atoms with Crippen LogP contribution >= 0.6 is 51.2 Å². The Hall–Kier alpha value is -1.00. The summed E-state index contributed by atoms with van der Waals surface area (Å²) >= 11 is 5.07. The van der Waals surface area contributed by atoms with Gasteiger partial charge in [0.15, 0.2) is 17.5 Å². The van der Waals surface area contributed by atoms with Gasteiger partial charge in [0.1, 0.15) is 0 Å². The Morgan fingerprint density at radius 1 is 1.26 bits per heavy atom. The van der Waals surface area contributed by atoms with Gasteiger partial charge in [-0.15, -0.1) is 35.3 Å². The molecular weight excluding hydrogens is 493 g/mol. The summed E-state index contributed by atoms with van der Waals surface area (Å²) in [5.74, 6) is 1.87. The Kier molecular flexibility index (Phi) is 6.97. The zero-order valence-corrected chi connectivity index (χ0v) is 17.0. The molecule has 2 aromatic rings. The van der Waals surface area contributed by atoms with Crippen LogP contribution in [0.25, 0.3) is 0 Å². The van der Waals surface area contributed by atoms with Crippen LogP contribution < -0.4 is 20.5 Å². The Morgan fingerprint density at radius 3 is 2.78 bits per heavy atom. The number of hydrogen-bond donors (Lipinski definition) is 2. The van der Waals surface area contributed by atoms with Crippen molar-refractivity contribution < 1.29 is 9.47 Å². The number of halogens is 2. The molecule has 3 rings (SSSR count). The highest BCUT2D eigenvalue weighted by Gasteiger charge is 2.10. The normalized spacial score (nSPS) is 13.9. The van der Waals surface area contributed by atoms with E-state index in [1.165, 1.54) is 0 Å². The molecule has 0 aliphatic carbocycles. The molecule has 2 heterocycles. The van der Waals surface area contributed by atoms with Crippen LogP contribution in [-0.2, 0) is 6.54 Å². The first kappa shape index (κ1) is 18.3. The fourth-order valence-corrected chi connectivity index (χ4v) is 3.40. The largest absolute Gasteiger partial charge is 0.490 e. The standard InChI is InChI=1S/C15H16BrN3O2S.HI/c16-10-6-12(22-9-10)8-18-15(17)19-11-2-3-13-14(7-11)21-5-1-4-20-13;/h2-3,6-7,9H,1,4-5,8H2,(H3,17,18,19);1H. The first-order chi connectivity index (χ1) is 10.7. The summed E-state index contributed by atoms with van der Waals surface area (Å²) in [5.41, 5.74) is 6.76. The van der Waals surface area contributed by atoms with Crippen molar-refractivity contribution in [1.29, 1.82) is 0 Å². The number of ether oxygens (including phenoxy) is 2. The van der Waals surface area contributed by atoms with Gasteiger partial charge < -0.3 is 20.5 Å². The van der Waals surface area contributed by atoms with Crippen molar-refractivity contribution in [2.75, 3.05) is 18.5 Å². The first-order valence-electron chi connectivity index (χ1n) is 6.90. The second-order valence-corrected chi connectivity index (χ2v) is 6.68. The third kappa shape index (κ3) is 5.25. The highest BCUT2D eigenvalue weighted by atomic mass is 127. The minimum absolute atomic E-state index is 0. The molecule has 1 aromatic heterocycles. The number of rotatable bonds is 3. The highest BCUT2D eigenvalue weighted by molar-refractivity contribution is 14.0. The summed E-state index contributed by atoms with van der Waals surface area (Å²) in [4.78, 5) is 5.48. The summed E-state index contributed by atoms with van der Waals surface area (Å²) in [5, 5.41) is 5.10. The van der Waals surface area contributed by atoms with Crippen LogP contribution in [0.1, 0.15) is 11.3 Å². The van der Waals surface area contributed by atoms with E-state index in [0.717, 1.165) is 33.0 Å². The molecule has 8 heteroatoms. The van der Waals surface area contributed by atoms with Crippen molar-refractivity contribution in [2.24, 2.45) is 10.7 Å². The molecule has 5 nitrogen and oxygen atoms in total. The van der Waals surface area contributed by atoms with E-state index in [2.05, 4.69) is 26.2 Å². The number of anilines is 1. The smallest absolute Gasteiger partial charge is 0.193 e. The van der Waals surface area contributed by atoms with Crippen LogP contribution in [0.2, 0.25) is 0 Å². The molecule has 0 saturated carbocycles. The van der Waals surface area contributed by atoms with Gasteiger partial charge >= 0.3 is 0 Å². The lowest BCUT2D eigenvalue weighted by Gasteiger charge is -2.10. The number of hydrogen-bond acceptors (Lipinski definition) is 4. The topological polar surface area (TPSA) is 68.9 Å². The number of aliphatic imine (C=N–C) groups is 1. The van der Waals surface area contributed by atoms with E-state index in [9.17, 15) is 0 Å². The zero-order chi connectivity index (χ0) is 15.4. The summed E-state index contributed by atoms with van der Waals surface area (Å²) < 4.78 is 12.3. The van der Waals surface area contributed by atoms with E-state index in [-0.39, 0.29) is 24.0 Å². The van der Waals surface area contributed by atoms with Gasteiger partial charge in [0.25, 0.3) is 0 Å². The third-order valence-electron chi connectivity index (χ3n) is 3.05. The average Bonchev–Trinajstić information content (AvgIpc) is 2.78. The summed E-state index contributed by atoms with van der Waals surface area (Å²) in [6.45, 7) is 1.90. The van der Waals surface area contributed by atoms with Crippen molar-refractivity contribution in [3.05, 3.63) is 39.0 Å². The molecule has 0 fully saturated rings. The van der Waals surface area contributed by atoms with Gasteiger partial charge in [-0.3, -0.25) is 0 Å². The molecule has 0 radical (unpaired) electrons. The van der Waals surface area contributed by atoms with Gasteiger partial charge in [0, 0.05) is 32.9 Å². The minimum Gasteiger partial charge on any atom is -0.490 e. The molecule has 124 valence electrons. The molecular formula is C15H17BrIN3O2S. The van der Waals surface area contributed by atoms with E-state index in [1.807, 2.05) is 29.6 Å². The molecule has 1 aliphatic rings. The second kappa shape index (κ2) is 8.74. The van der Waals surface area contributed by atoms with E-state index in [0.29, 0.717) is 25.7 Å². The minimum atomic E-state index is 0. The van der Waals surface area contributed by atoms with Gasteiger partial charge in [0.05, 0.1) is 19.8 Å². The fourth-order valence-electron chi connectivity index (χ4n) is 2.03. The van der Waals surface area contributed by atoms with E-state index < -0.39 is 0 Å². The van der Waals surface area contributed by atoms with Gasteiger partial charge in [0.2, 0.25) is 0 Å². The monoisotopic (exact) mass is 509 g/mol. The Labute approximate surface area is 164 Å². The molecule has 0 atom stereocenters. The zero-order valence-electron chi connectivity index (χ0n) is 12.3. The molecule has 0 spiro atoms. The fraction of sp³-hybridized carbons (Fsp3) is 0.267. The maximum atomic E-state index is 5.93. The average molecular weight is 510 g/mol. The number of fused-ring (bicyclic) bond motifs is 1. The van der Waals surface area contributed by atoms with Gasteiger partial charge in [-0.05, 0) is 34.1 Å². The Balaban J connectivity index is 0.00000192. The van der Waals surface area contributed by atoms with Gasteiger partial charge in [-0.25, -0.2) is 4.99 Å². The van der Waals surface area contributed by atoms with Gasteiger partial charge in [-0.2, -0.15) is 0 Å². The summed E-state index contributed by atoms with van der Waals surface area (Å²) in [7, 11) is 0. The van der Waals surface area contributed by atoms with Crippen molar-refractivity contribution >= 4 is 62.9 Å². The van der Waals surface area contributed by atoms with Crippen molar-refractivity contribution in [3.8, 4) is 11.5 Å². The number of benzene rings is 1. The van der Waals surface area contributed by atoms with E-state index in [1.54, 1.807) is 11.3 Å². The molecule has 0 unspecified atom stereocenters. The second-order valence-electron chi connectivity index (χ2n) is 4.77. The Bertz CT molecular complexity index is 693. The third-order valence-corrected chi connectivity index (χ3v) is 4.73. The molecule has 0 saturated heterocycles. The number of nitrogens with two attached hydrogens (primary N) is 1. The lowest BCUT2D eigenvalue weighted by Crippen LogP contribution is -2.22. The summed E-state index contributed by atoms with van der Waals surface area (Å²) in [6.07, 6.45) is 0.886. The van der Waals surface area contributed by atoms with Crippen LogP contribution in [0.4, 0.5) is 5.69 Å². The highest BCUT2D eigenvalue weighted by Crippen LogP contribution is 2.32. The molecule has 0 amide bonds. The van der Waals surface area contributed by atoms with Crippen LogP contribution in [0.15, 0.2) is 39.1 Å². The van der Waals surface area contributed by atoms with Gasteiger partial charge in [-0.1, -0.05) is 0 Å². The van der Waals surface area contributed by atoms with Crippen LogP contribution in [0.3, 0.4) is 0 Å². The van der Waals surface area contributed by atoms with Crippen LogP contribution in [-0.4, -0.2) is 19.2 Å². The molecule has 3 N–H and O–H groups in total. The van der Waals surface area contributed by atoms with E-state index in [4.69, 9.17) is 15.2 Å². The maximum absolute atomic E-state index is 5.93. The Morgan fingerprint density at radius 2 is 2.04 bits per heavy atom.